The predicted molar refractivity (Wildman–Crippen MR) is 75.1 cm³/mol. The fourth-order valence-corrected chi connectivity index (χ4v) is 1.79. The third kappa shape index (κ3) is 4.64. The Balaban J connectivity index is 2.58. The van der Waals surface area contributed by atoms with E-state index in [-0.39, 0.29) is 18.2 Å². The van der Waals surface area contributed by atoms with Crippen molar-refractivity contribution in [2.45, 2.75) is 19.9 Å². The number of hydrogen-bond donors (Lipinski definition) is 2. The van der Waals surface area contributed by atoms with Gasteiger partial charge in [0, 0.05) is 6.54 Å². The third-order valence-corrected chi connectivity index (χ3v) is 3.01. The van der Waals surface area contributed by atoms with Crippen molar-refractivity contribution in [3.8, 4) is 0 Å². The number of ether oxygens (including phenoxy) is 1. The monoisotopic (exact) mass is 332 g/mol. The van der Waals surface area contributed by atoms with E-state index in [9.17, 15) is 9.59 Å². The van der Waals surface area contributed by atoms with Gasteiger partial charge in [-0.3, -0.25) is 9.59 Å². The number of nitrogens with zero attached hydrogens (tertiary/aromatic N) is 2. The summed E-state index contributed by atoms with van der Waals surface area (Å²) < 4.78 is 6.80. The van der Waals surface area contributed by atoms with Crippen molar-refractivity contribution < 1.29 is 9.53 Å². The summed E-state index contributed by atoms with van der Waals surface area (Å²) in [4.78, 5) is 22.4. The van der Waals surface area contributed by atoms with Crippen LogP contribution in [0.1, 0.15) is 19.9 Å². The van der Waals surface area contributed by atoms with Crippen molar-refractivity contribution in [2.75, 3.05) is 25.1 Å². The maximum Gasteiger partial charge on any atom is 0.283 e. The topological polar surface area (TPSA) is 99.2 Å². The standard InChI is InChI=1S/C11H17BrN4O3/c1-7(2)16-11(18)10(12)8(5-15-16)14-3-4-19-6-9(13)17/h5,7,14H,3-4,6H2,1-2H3,(H2,13,17). The Labute approximate surface area is 119 Å². The Morgan fingerprint density at radius 1 is 1.63 bits per heavy atom. The van der Waals surface area contributed by atoms with Crippen LogP contribution in [0.15, 0.2) is 15.5 Å². The van der Waals surface area contributed by atoms with Crippen molar-refractivity contribution >= 4 is 27.5 Å². The number of carbonyl (C=O) groups excluding carboxylic acids is 1. The van der Waals surface area contributed by atoms with Gasteiger partial charge in [-0.15, -0.1) is 0 Å². The van der Waals surface area contributed by atoms with E-state index >= 15 is 0 Å². The molecule has 19 heavy (non-hydrogen) atoms. The number of hydrogen-bond acceptors (Lipinski definition) is 5. The molecule has 0 aromatic carbocycles. The normalized spacial score (nSPS) is 10.7. The molecule has 0 saturated carbocycles. The van der Waals surface area contributed by atoms with E-state index in [4.69, 9.17) is 10.5 Å². The molecule has 0 unspecified atom stereocenters. The molecule has 0 aliphatic heterocycles. The molecular weight excluding hydrogens is 316 g/mol. The van der Waals surface area contributed by atoms with E-state index in [0.29, 0.717) is 23.3 Å². The highest BCUT2D eigenvalue weighted by molar-refractivity contribution is 9.10. The van der Waals surface area contributed by atoms with Crippen LogP contribution in [0.3, 0.4) is 0 Å². The zero-order chi connectivity index (χ0) is 14.4. The largest absolute Gasteiger partial charge is 0.380 e. The highest BCUT2D eigenvalue weighted by Gasteiger charge is 2.10. The molecule has 0 saturated heterocycles. The van der Waals surface area contributed by atoms with Crippen LogP contribution in [0, 0.1) is 0 Å². The predicted octanol–water partition coefficient (Wildman–Crippen LogP) is 0.500. The zero-order valence-electron chi connectivity index (χ0n) is 10.9. The fraction of sp³-hybridized carbons (Fsp3) is 0.545. The lowest BCUT2D eigenvalue weighted by atomic mass is 10.4. The van der Waals surface area contributed by atoms with Gasteiger partial charge >= 0.3 is 0 Å². The van der Waals surface area contributed by atoms with Crippen LogP contribution in [-0.2, 0) is 9.53 Å². The minimum absolute atomic E-state index is 0.00301. The first kappa shape index (κ1) is 15.6. The van der Waals surface area contributed by atoms with Crippen molar-refractivity contribution in [1.82, 2.24) is 9.78 Å². The Kier molecular flexibility index (Phi) is 5.97. The highest BCUT2D eigenvalue weighted by Crippen LogP contribution is 2.16. The Bertz CT molecular complexity index is 501. The zero-order valence-corrected chi connectivity index (χ0v) is 12.4. The number of amides is 1. The minimum atomic E-state index is -0.512. The summed E-state index contributed by atoms with van der Waals surface area (Å²) in [5.74, 6) is -0.512. The molecule has 0 spiro atoms. The summed E-state index contributed by atoms with van der Waals surface area (Å²) in [6.07, 6.45) is 1.57. The van der Waals surface area contributed by atoms with Crippen LogP contribution >= 0.6 is 15.9 Å². The Morgan fingerprint density at radius 2 is 2.32 bits per heavy atom. The molecule has 0 fully saturated rings. The first-order chi connectivity index (χ1) is 8.93. The molecule has 0 radical (unpaired) electrons. The summed E-state index contributed by atoms with van der Waals surface area (Å²) in [7, 11) is 0. The number of aromatic nitrogens is 2. The van der Waals surface area contributed by atoms with E-state index in [2.05, 4.69) is 26.3 Å². The number of carbonyl (C=O) groups is 1. The maximum atomic E-state index is 11.9. The van der Waals surface area contributed by atoms with Crippen LogP contribution in [0.2, 0.25) is 0 Å². The summed E-state index contributed by atoms with van der Waals surface area (Å²) in [5, 5.41) is 7.06. The van der Waals surface area contributed by atoms with Gasteiger partial charge in [0.25, 0.3) is 5.56 Å². The Hall–Kier alpha value is -1.41. The summed E-state index contributed by atoms with van der Waals surface area (Å²) in [5.41, 5.74) is 5.32. The second kappa shape index (κ2) is 7.25. The first-order valence-electron chi connectivity index (χ1n) is 5.80. The smallest absolute Gasteiger partial charge is 0.283 e. The van der Waals surface area contributed by atoms with E-state index in [1.54, 1.807) is 6.20 Å². The Morgan fingerprint density at radius 3 is 2.89 bits per heavy atom. The van der Waals surface area contributed by atoms with E-state index in [0.717, 1.165) is 0 Å². The quantitative estimate of drug-likeness (QED) is 0.708. The molecular formula is C11H17BrN4O3. The molecule has 1 amide bonds. The molecule has 1 aromatic heterocycles. The van der Waals surface area contributed by atoms with Crippen molar-refractivity contribution in [1.29, 1.82) is 0 Å². The molecule has 1 rings (SSSR count). The van der Waals surface area contributed by atoms with Gasteiger partial charge in [-0.1, -0.05) is 0 Å². The fourth-order valence-electron chi connectivity index (χ4n) is 1.37. The number of primary amides is 1. The minimum Gasteiger partial charge on any atom is -0.380 e. The number of rotatable bonds is 7. The summed E-state index contributed by atoms with van der Waals surface area (Å²) >= 11 is 3.24. The second-order valence-corrected chi connectivity index (χ2v) is 4.95. The van der Waals surface area contributed by atoms with Gasteiger partial charge in [0.2, 0.25) is 5.91 Å². The number of nitrogens with one attached hydrogen (secondary N) is 1. The molecule has 106 valence electrons. The van der Waals surface area contributed by atoms with Gasteiger partial charge in [-0.25, -0.2) is 4.68 Å². The van der Waals surface area contributed by atoms with Gasteiger partial charge in [0.15, 0.2) is 0 Å². The summed E-state index contributed by atoms with van der Waals surface area (Å²) in [6.45, 7) is 4.40. The van der Waals surface area contributed by atoms with Gasteiger partial charge in [-0.05, 0) is 29.8 Å². The average Bonchev–Trinajstić information content (AvgIpc) is 2.33. The third-order valence-electron chi connectivity index (χ3n) is 2.24. The number of anilines is 1. The first-order valence-corrected chi connectivity index (χ1v) is 6.60. The highest BCUT2D eigenvalue weighted by atomic mass is 79.9. The maximum absolute atomic E-state index is 11.9. The molecule has 0 aliphatic carbocycles. The van der Waals surface area contributed by atoms with Gasteiger partial charge in [-0.2, -0.15) is 5.10 Å². The van der Waals surface area contributed by atoms with Crippen molar-refractivity contribution in [3.05, 3.63) is 21.0 Å². The van der Waals surface area contributed by atoms with Crippen molar-refractivity contribution in [2.24, 2.45) is 5.73 Å². The molecule has 0 aliphatic rings. The molecule has 7 nitrogen and oxygen atoms in total. The van der Waals surface area contributed by atoms with E-state index in [1.807, 2.05) is 13.8 Å². The summed E-state index contributed by atoms with van der Waals surface area (Å²) in [6, 6.07) is -0.00301. The number of halogens is 1. The van der Waals surface area contributed by atoms with Crippen LogP contribution in [0.4, 0.5) is 5.69 Å². The molecule has 0 atom stereocenters. The van der Waals surface area contributed by atoms with E-state index in [1.165, 1.54) is 4.68 Å². The van der Waals surface area contributed by atoms with Crippen molar-refractivity contribution in [3.63, 3.8) is 0 Å². The lowest BCUT2D eigenvalue weighted by Gasteiger charge is -2.12. The lowest BCUT2D eigenvalue weighted by molar-refractivity contribution is -0.122. The second-order valence-electron chi connectivity index (χ2n) is 4.16. The van der Waals surface area contributed by atoms with Gasteiger partial charge in [0.05, 0.1) is 24.5 Å². The molecule has 1 heterocycles. The van der Waals surface area contributed by atoms with Crippen LogP contribution < -0.4 is 16.6 Å². The van der Waals surface area contributed by atoms with Gasteiger partial charge in [0.1, 0.15) is 11.1 Å². The van der Waals surface area contributed by atoms with Crippen LogP contribution in [0.5, 0.6) is 0 Å². The van der Waals surface area contributed by atoms with Crippen LogP contribution in [0.25, 0.3) is 0 Å². The molecule has 8 heteroatoms. The lowest BCUT2D eigenvalue weighted by Crippen LogP contribution is -2.26. The van der Waals surface area contributed by atoms with E-state index < -0.39 is 5.91 Å². The molecule has 0 bridgehead atoms. The number of nitrogens with two attached hydrogens (primary N) is 1. The average molecular weight is 333 g/mol. The van der Waals surface area contributed by atoms with Gasteiger partial charge < -0.3 is 15.8 Å². The molecule has 3 N–H and O–H groups in total. The SMILES string of the molecule is CC(C)n1ncc(NCCOCC(N)=O)c(Br)c1=O. The van der Waals surface area contributed by atoms with Crippen LogP contribution in [-0.4, -0.2) is 35.4 Å². The molecule has 1 aromatic rings.